The minimum absolute atomic E-state index is 0.158. The number of H-pyrrole nitrogens is 1. The van der Waals surface area contributed by atoms with Crippen molar-refractivity contribution in [3.8, 4) is 0 Å². The van der Waals surface area contributed by atoms with Gasteiger partial charge in [-0.25, -0.2) is 13.4 Å². The van der Waals surface area contributed by atoms with Gasteiger partial charge in [0.25, 0.3) is 11.2 Å². The summed E-state index contributed by atoms with van der Waals surface area (Å²) in [5.74, 6) is -2.62. The third kappa shape index (κ3) is 10.1. The molecule has 0 radical (unpaired) electrons. The zero-order valence-corrected chi connectivity index (χ0v) is 34.5. The van der Waals surface area contributed by atoms with Crippen LogP contribution in [0, 0.1) is 23.7 Å². The summed E-state index contributed by atoms with van der Waals surface area (Å²) < 4.78 is 85.3. The SMILES string of the molecule is BC1OC(COP(=C)(O)OC2C(COP(=O)(O)CP(=O)(O)OP(=O)(O)OCC3OC(n4c[n+](C)c5c(=O)[nH]cnc54)C(C)C3C)OC(B)C2C)C(O)C1C. The summed E-state index contributed by atoms with van der Waals surface area (Å²) in [6, 6.07) is -0.714. The second-order valence-electron chi connectivity index (χ2n) is 14.4. The highest BCUT2D eigenvalue weighted by Crippen LogP contribution is 2.66. The lowest BCUT2D eigenvalue weighted by molar-refractivity contribution is -0.646. The van der Waals surface area contributed by atoms with Crippen LogP contribution in [0.25, 0.3) is 11.2 Å². The van der Waals surface area contributed by atoms with Gasteiger partial charge in [0.2, 0.25) is 20.1 Å². The van der Waals surface area contributed by atoms with Gasteiger partial charge in [-0.1, -0.05) is 27.7 Å². The number of aliphatic hydroxyl groups excluding tert-OH is 1. The summed E-state index contributed by atoms with van der Waals surface area (Å²) in [6.07, 6.45) is 1.46. The minimum Gasteiger partial charge on any atom is -0.390 e. The number of fused-ring (bicyclic) bond motifs is 1. The van der Waals surface area contributed by atoms with Crippen LogP contribution in [0.1, 0.15) is 33.9 Å². The first kappa shape index (κ1) is 44.1. The fourth-order valence-electron chi connectivity index (χ4n) is 6.77. The fraction of sp³-hybridized carbons (Fsp3) is 0.778. The van der Waals surface area contributed by atoms with E-state index in [0.29, 0.717) is 11.2 Å². The summed E-state index contributed by atoms with van der Waals surface area (Å²) >= 11 is 0. The van der Waals surface area contributed by atoms with Crippen molar-refractivity contribution in [3.63, 3.8) is 0 Å². The molecular formula is C27H49B2N4O17P4+. The van der Waals surface area contributed by atoms with Crippen molar-refractivity contribution >= 4 is 63.7 Å². The largest absolute Gasteiger partial charge is 0.479 e. The van der Waals surface area contributed by atoms with Gasteiger partial charge in [-0.3, -0.25) is 18.4 Å². The molecule has 16 atom stereocenters. The second-order valence-corrected chi connectivity index (χ2v) is 21.9. The molecule has 5 rings (SSSR count). The average Bonchev–Trinajstić information content (AvgIpc) is 3.71. The number of aromatic amines is 1. The average molecular weight is 847 g/mol. The Morgan fingerprint density at radius 2 is 1.50 bits per heavy atom. The van der Waals surface area contributed by atoms with E-state index in [9.17, 15) is 43.2 Å². The van der Waals surface area contributed by atoms with E-state index in [-0.39, 0.29) is 35.9 Å². The van der Waals surface area contributed by atoms with Crippen molar-refractivity contribution in [2.24, 2.45) is 30.7 Å². The first-order valence-electron chi connectivity index (χ1n) is 17.2. The number of rotatable bonds is 16. The van der Waals surface area contributed by atoms with Gasteiger partial charge in [-0.15, -0.1) is 0 Å². The first-order valence-corrected chi connectivity index (χ1v) is 24.0. The van der Waals surface area contributed by atoms with E-state index in [1.54, 1.807) is 52.0 Å². The van der Waals surface area contributed by atoms with Crippen LogP contribution in [0.2, 0.25) is 0 Å². The minimum atomic E-state index is -5.32. The van der Waals surface area contributed by atoms with Crippen LogP contribution in [-0.4, -0.2) is 129 Å². The van der Waals surface area contributed by atoms with Crippen LogP contribution in [0.15, 0.2) is 17.4 Å². The maximum Gasteiger partial charge on any atom is 0.479 e. The van der Waals surface area contributed by atoms with E-state index >= 15 is 0 Å². The van der Waals surface area contributed by atoms with Gasteiger partial charge in [0.1, 0.15) is 27.9 Å². The highest BCUT2D eigenvalue weighted by atomic mass is 31.3. The Bertz CT molecular complexity index is 1920. The molecule has 3 fully saturated rings. The lowest BCUT2D eigenvalue weighted by Gasteiger charge is -2.29. The highest BCUT2D eigenvalue weighted by molar-refractivity contribution is 7.74. The number of aromatic nitrogens is 4. The number of hydrogen-bond acceptors (Lipinski definition) is 15. The molecule has 27 heteroatoms. The molecule has 2 aromatic heterocycles. The van der Waals surface area contributed by atoms with E-state index < -0.39 is 98.4 Å². The molecule has 0 aromatic carbocycles. The van der Waals surface area contributed by atoms with Gasteiger partial charge in [0.15, 0.2) is 5.90 Å². The third-order valence-corrected chi connectivity index (χ3v) is 17.2. The predicted octanol–water partition coefficient (Wildman–Crippen LogP) is -0.865. The number of aryl methyl sites for hydroxylation is 1. The zero-order chi connectivity index (χ0) is 40.1. The van der Waals surface area contributed by atoms with E-state index in [1.807, 2.05) is 13.8 Å². The molecule has 304 valence electrons. The number of phosphoric acid groups is 1. The molecule has 6 N–H and O–H groups in total. The number of nitrogens with one attached hydrogen (secondary N) is 1. The van der Waals surface area contributed by atoms with Gasteiger partial charge in [0, 0.05) is 29.8 Å². The number of aliphatic hydroxyl groups is 1. The van der Waals surface area contributed by atoms with E-state index in [0.717, 1.165) is 0 Å². The lowest BCUT2D eigenvalue weighted by atomic mass is 9.86. The molecular weight excluding hydrogens is 798 g/mol. The summed E-state index contributed by atoms with van der Waals surface area (Å²) in [6.45, 7) is 5.79. The highest BCUT2D eigenvalue weighted by Gasteiger charge is 2.48. The van der Waals surface area contributed by atoms with Crippen LogP contribution in [0.3, 0.4) is 0 Å². The van der Waals surface area contributed by atoms with Crippen LogP contribution in [0.4, 0.5) is 0 Å². The molecule has 3 saturated heterocycles. The Hall–Kier alpha value is -1.05. The molecule has 0 aliphatic carbocycles. The Labute approximate surface area is 313 Å². The Morgan fingerprint density at radius 3 is 2.15 bits per heavy atom. The lowest BCUT2D eigenvalue weighted by Crippen LogP contribution is -2.33. The van der Waals surface area contributed by atoms with Crippen molar-refractivity contribution in [1.82, 2.24) is 14.5 Å². The van der Waals surface area contributed by atoms with Crippen LogP contribution in [-0.2, 0) is 57.4 Å². The normalized spacial score (nSPS) is 37.5. The molecule has 0 amide bonds. The van der Waals surface area contributed by atoms with E-state index in [4.69, 9.17) is 32.3 Å². The van der Waals surface area contributed by atoms with Crippen molar-refractivity contribution in [2.45, 2.75) is 76.4 Å². The number of imidazole rings is 1. The molecule has 54 heavy (non-hydrogen) atoms. The maximum absolute atomic E-state index is 12.9. The molecule has 0 bridgehead atoms. The molecule has 3 aliphatic rings. The quantitative estimate of drug-likeness (QED) is 0.0681. The molecule has 0 saturated carbocycles. The van der Waals surface area contributed by atoms with Crippen LogP contribution < -0.4 is 10.1 Å². The van der Waals surface area contributed by atoms with Crippen molar-refractivity contribution in [3.05, 3.63) is 23.0 Å². The molecule has 2 aromatic rings. The zero-order valence-electron chi connectivity index (χ0n) is 30.9. The van der Waals surface area contributed by atoms with Gasteiger partial charge < -0.3 is 57.4 Å². The van der Waals surface area contributed by atoms with E-state index in [1.165, 1.54) is 6.33 Å². The Morgan fingerprint density at radius 1 is 0.889 bits per heavy atom. The van der Waals surface area contributed by atoms with Crippen molar-refractivity contribution in [1.29, 1.82) is 0 Å². The van der Waals surface area contributed by atoms with Crippen molar-refractivity contribution in [2.75, 3.05) is 25.7 Å². The third-order valence-electron chi connectivity index (χ3n) is 10.4. The first-order chi connectivity index (χ1) is 24.9. The topological polar surface area (TPSA) is 281 Å². The molecule has 16 unspecified atom stereocenters. The second kappa shape index (κ2) is 16.7. The van der Waals surface area contributed by atoms with Crippen LogP contribution >= 0.6 is 30.6 Å². The molecule has 5 heterocycles. The smallest absolute Gasteiger partial charge is 0.390 e. The van der Waals surface area contributed by atoms with E-state index in [2.05, 4.69) is 20.6 Å². The summed E-state index contributed by atoms with van der Waals surface area (Å²) in [7, 11) is -14.3. The van der Waals surface area contributed by atoms with Gasteiger partial charge >= 0.3 is 28.6 Å². The summed E-state index contributed by atoms with van der Waals surface area (Å²) in [5.41, 5.74) is 0.298. The predicted molar refractivity (Wildman–Crippen MR) is 197 cm³/mol. The number of ether oxygens (including phenoxy) is 3. The summed E-state index contributed by atoms with van der Waals surface area (Å²) in [5, 5.41) is 10.4. The maximum atomic E-state index is 12.9. The van der Waals surface area contributed by atoms with Gasteiger partial charge in [0.05, 0.1) is 51.5 Å². The Balaban J connectivity index is 1.13. The monoisotopic (exact) mass is 847 g/mol. The Kier molecular flexibility index (Phi) is 13.6. The molecule has 3 aliphatic heterocycles. The van der Waals surface area contributed by atoms with Gasteiger partial charge in [-0.05, 0) is 12.2 Å². The fourth-order valence-corrected chi connectivity index (χ4v) is 12.9. The standard InChI is InChI=1S/C27H48B2N4O17P4/c1-13-14(2)27(33-11-32(5)20-25(33)30-10-31-26(20)35)48-17(13)7-45-54(41,42)50-53(39,40)12-52(37,38)44-9-19-22(16(4)24(29)47-19)49-51(6,36)43-8-18-21(34)15(3)23(28)46-18/h10-11,13-19,21-24,27,34H,6-9,12,28-29H2,1-5H3,(H4-,30,31,35,36,37,38,39,40,41,42)/p+1. The van der Waals surface area contributed by atoms with Crippen molar-refractivity contribution < 1.29 is 79.6 Å². The number of nitrogens with zero attached hydrogens (tertiary/aromatic N) is 3. The molecule has 21 nitrogen and oxygen atoms in total. The summed E-state index contributed by atoms with van der Waals surface area (Å²) in [4.78, 5) is 61.1. The molecule has 0 spiro atoms. The number of hydrogen-bond donors (Lipinski definition) is 6. The van der Waals surface area contributed by atoms with Crippen LogP contribution in [0.5, 0.6) is 0 Å². The van der Waals surface area contributed by atoms with Gasteiger partial charge in [-0.2, -0.15) is 9.55 Å². The number of phosphoric ester groups is 1.